The molecule has 0 aromatic heterocycles. The molecule has 2 amide bonds. The Morgan fingerprint density at radius 2 is 2.00 bits per heavy atom. The highest BCUT2D eigenvalue weighted by Crippen LogP contribution is 2.27. The van der Waals surface area contributed by atoms with E-state index in [4.69, 9.17) is 11.6 Å². The van der Waals surface area contributed by atoms with Crippen LogP contribution in [0.3, 0.4) is 0 Å². The predicted octanol–water partition coefficient (Wildman–Crippen LogP) is 3.42. The fourth-order valence-corrected chi connectivity index (χ4v) is 3.28. The SMILES string of the molecule is O=C1NCCN(C(=O)c2cccc(Br)c2)C1c1cccc(Cl)c1. The van der Waals surface area contributed by atoms with Crippen molar-refractivity contribution in [1.29, 1.82) is 0 Å². The van der Waals surface area contributed by atoms with E-state index in [9.17, 15) is 9.59 Å². The number of hydrogen-bond donors (Lipinski definition) is 1. The van der Waals surface area contributed by atoms with Crippen molar-refractivity contribution in [3.63, 3.8) is 0 Å². The van der Waals surface area contributed by atoms with Gasteiger partial charge < -0.3 is 10.2 Å². The van der Waals surface area contributed by atoms with Gasteiger partial charge in [-0.3, -0.25) is 9.59 Å². The molecule has 1 aliphatic rings. The number of halogens is 2. The molecule has 1 unspecified atom stereocenters. The Labute approximate surface area is 147 Å². The fourth-order valence-electron chi connectivity index (χ4n) is 2.68. The molecule has 0 saturated carbocycles. The molecule has 4 nitrogen and oxygen atoms in total. The highest BCUT2D eigenvalue weighted by atomic mass is 79.9. The molecule has 1 saturated heterocycles. The van der Waals surface area contributed by atoms with E-state index in [2.05, 4.69) is 21.2 Å². The molecule has 1 fully saturated rings. The van der Waals surface area contributed by atoms with Gasteiger partial charge in [0.2, 0.25) is 5.91 Å². The van der Waals surface area contributed by atoms with Crippen molar-refractivity contribution in [3.8, 4) is 0 Å². The second-order valence-electron chi connectivity index (χ2n) is 5.26. The van der Waals surface area contributed by atoms with Crippen LogP contribution in [-0.2, 0) is 4.79 Å². The van der Waals surface area contributed by atoms with Gasteiger partial charge in [0.05, 0.1) is 0 Å². The van der Waals surface area contributed by atoms with Crippen molar-refractivity contribution >= 4 is 39.3 Å². The van der Waals surface area contributed by atoms with Crippen LogP contribution in [0.1, 0.15) is 22.0 Å². The van der Waals surface area contributed by atoms with Gasteiger partial charge in [-0.1, -0.05) is 45.7 Å². The molecule has 0 spiro atoms. The van der Waals surface area contributed by atoms with Crippen molar-refractivity contribution in [3.05, 3.63) is 69.2 Å². The first-order chi connectivity index (χ1) is 11.1. The molecule has 0 aliphatic carbocycles. The normalized spacial score (nSPS) is 17.7. The summed E-state index contributed by atoms with van der Waals surface area (Å²) in [6.07, 6.45) is 0. The van der Waals surface area contributed by atoms with Gasteiger partial charge in [-0.05, 0) is 35.9 Å². The Hall–Kier alpha value is -1.85. The molecule has 0 bridgehead atoms. The Balaban J connectivity index is 1.98. The number of nitrogens with zero attached hydrogens (tertiary/aromatic N) is 1. The highest BCUT2D eigenvalue weighted by Gasteiger charge is 2.34. The summed E-state index contributed by atoms with van der Waals surface area (Å²) < 4.78 is 0.823. The van der Waals surface area contributed by atoms with Crippen LogP contribution in [0, 0.1) is 0 Å². The van der Waals surface area contributed by atoms with Crippen molar-refractivity contribution < 1.29 is 9.59 Å². The number of amides is 2. The van der Waals surface area contributed by atoms with E-state index in [1.54, 1.807) is 41.3 Å². The molecule has 6 heteroatoms. The Kier molecular flexibility index (Phi) is 4.68. The summed E-state index contributed by atoms with van der Waals surface area (Å²) in [6.45, 7) is 0.893. The molecular formula is C17H14BrClN2O2. The van der Waals surface area contributed by atoms with E-state index in [0.29, 0.717) is 29.2 Å². The summed E-state index contributed by atoms with van der Waals surface area (Å²) in [5, 5.41) is 3.35. The van der Waals surface area contributed by atoms with Crippen molar-refractivity contribution in [1.82, 2.24) is 10.2 Å². The number of hydrogen-bond acceptors (Lipinski definition) is 2. The zero-order chi connectivity index (χ0) is 16.4. The fraction of sp³-hybridized carbons (Fsp3) is 0.176. The zero-order valence-corrected chi connectivity index (χ0v) is 14.5. The van der Waals surface area contributed by atoms with Gasteiger partial charge in [-0.2, -0.15) is 0 Å². The van der Waals surface area contributed by atoms with Gasteiger partial charge >= 0.3 is 0 Å². The molecule has 3 rings (SSSR count). The molecule has 23 heavy (non-hydrogen) atoms. The van der Waals surface area contributed by atoms with Crippen molar-refractivity contribution in [2.45, 2.75) is 6.04 Å². The van der Waals surface area contributed by atoms with Gasteiger partial charge in [-0.15, -0.1) is 0 Å². The number of nitrogens with one attached hydrogen (secondary N) is 1. The second kappa shape index (κ2) is 6.72. The lowest BCUT2D eigenvalue weighted by molar-refractivity contribution is -0.128. The van der Waals surface area contributed by atoms with E-state index < -0.39 is 6.04 Å². The average Bonchev–Trinajstić information content (AvgIpc) is 2.54. The van der Waals surface area contributed by atoms with E-state index >= 15 is 0 Å². The van der Waals surface area contributed by atoms with Crippen LogP contribution in [0.4, 0.5) is 0 Å². The number of benzene rings is 2. The third-order valence-electron chi connectivity index (χ3n) is 3.71. The number of carbonyl (C=O) groups is 2. The quantitative estimate of drug-likeness (QED) is 0.850. The molecular weight excluding hydrogens is 380 g/mol. The first kappa shape index (κ1) is 16.0. The lowest BCUT2D eigenvalue weighted by Gasteiger charge is -2.35. The van der Waals surface area contributed by atoms with Crippen molar-refractivity contribution in [2.75, 3.05) is 13.1 Å². The smallest absolute Gasteiger partial charge is 0.254 e. The Bertz CT molecular complexity index is 766. The molecule has 0 radical (unpaired) electrons. The molecule has 1 aliphatic heterocycles. The molecule has 1 N–H and O–H groups in total. The van der Waals surface area contributed by atoms with E-state index in [-0.39, 0.29) is 11.8 Å². The van der Waals surface area contributed by atoms with Crippen LogP contribution in [0.5, 0.6) is 0 Å². The summed E-state index contributed by atoms with van der Waals surface area (Å²) >= 11 is 9.40. The monoisotopic (exact) mass is 392 g/mol. The van der Waals surface area contributed by atoms with Crippen molar-refractivity contribution in [2.24, 2.45) is 0 Å². The van der Waals surface area contributed by atoms with Gasteiger partial charge in [-0.25, -0.2) is 0 Å². The minimum atomic E-state index is -0.672. The molecule has 118 valence electrons. The van der Waals surface area contributed by atoms with Crippen LogP contribution >= 0.6 is 27.5 Å². The van der Waals surface area contributed by atoms with Crippen LogP contribution in [0.25, 0.3) is 0 Å². The van der Waals surface area contributed by atoms with Gasteiger partial charge in [0, 0.05) is 28.1 Å². The van der Waals surface area contributed by atoms with Crippen LogP contribution in [0.15, 0.2) is 53.0 Å². The predicted molar refractivity (Wildman–Crippen MR) is 92.4 cm³/mol. The standard InChI is InChI=1S/C17H14BrClN2O2/c18-13-5-1-4-12(9-13)17(23)21-8-7-20-16(22)15(21)11-3-2-6-14(19)10-11/h1-6,9-10,15H,7-8H2,(H,20,22). The summed E-state index contributed by atoms with van der Waals surface area (Å²) in [4.78, 5) is 26.8. The topological polar surface area (TPSA) is 49.4 Å². The Morgan fingerprint density at radius 3 is 2.74 bits per heavy atom. The summed E-state index contributed by atoms with van der Waals surface area (Å²) in [6, 6.07) is 13.5. The van der Waals surface area contributed by atoms with Crippen LogP contribution in [-0.4, -0.2) is 29.8 Å². The first-order valence-corrected chi connectivity index (χ1v) is 8.33. The van der Waals surface area contributed by atoms with Gasteiger partial charge in [0.1, 0.15) is 6.04 Å². The first-order valence-electron chi connectivity index (χ1n) is 7.16. The number of carbonyl (C=O) groups excluding carboxylic acids is 2. The number of piperazine rings is 1. The lowest BCUT2D eigenvalue weighted by Crippen LogP contribution is -2.52. The minimum Gasteiger partial charge on any atom is -0.352 e. The molecule has 1 heterocycles. The third-order valence-corrected chi connectivity index (χ3v) is 4.44. The molecule has 2 aromatic rings. The maximum atomic E-state index is 12.9. The van der Waals surface area contributed by atoms with Crippen LogP contribution < -0.4 is 5.32 Å². The minimum absolute atomic E-state index is 0.175. The lowest BCUT2D eigenvalue weighted by atomic mass is 10.0. The van der Waals surface area contributed by atoms with Gasteiger partial charge in [0.15, 0.2) is 0 Å². The highest BCUT2D eigenvalue weighted by molar-refractivity contribution is 9.10. The maximum absolute atomic E-state index is 12.9. The van der Waals surface area contributed by atoms with E-state index in [0.717, 1.165) is 4.47 Å². The third kappa shape index (κ3) is 3.41. The summed E-state index contributed by atoms with van der Waals surface area (Å²) in [5.41, 5.74) is 1.25. The summed E-state index contributed by atoms with van der Waals surface area (Å²) in [7, 11) is 0. The van der Waals surface area contributed by atoms with E-state index in [1.807, 2.05) is 12.1 Å². The second-order valence-corrected chi connectivity index (χ2v) is 6.61. The average molecular weight is 394 g/mol. The summed E-state index contributed by atoms with van der Waals surface area (Å²) in [5.74, 6) is -0.368. The Morgan fingerprint density at radius 1 is 1.22 bits per heavy atom. The van der Waals surface area contributed by atoms with Gasteiger partial charge in [0.25, 0.3) is 5.91 Å². The number of rotatable bonds is 2. The molecule has 1 atom stereocenters. The van der Waals surface area contributed by atoms with E-state index in [1.165, 1.54) is 0 Å². The van der Waals surface area contributed by atoms with Crippen LogP contribution in [0.2, 0.25) is 5.02 Å². The zero-order valence-electron chi connectivity index (χ0n) is 12.1. The molecule has 2 aromatic carbocycles. The largest absolute Gasteiger partial charge is 0.352 e. The maximum Gasteiger partial charge on any atom is 0.254 e.